The lowest BCUT2D eigenvalue weighted by Gasteiger charge is -2.06. The molecule has 0 radical (unpaired) electrons. The highest BCUT2D eigenvalue weighted by Gasteiger charge is 2.08. The van der Waals surface area contributed by atoms with E-state index in [2.05, 4.69) is 31.2 Å². The molecule has 2 N–H and O–H groups in total. The summed E-state index contributed by atoms with van der Waals surface area (Å²) in [5.74, 6) is 1.17. The number of nitrogens with one attached hydrogen (secondary N) is 1. The minimum atomic E-state index is 0.0545. The zero-order chi connectivity index (χ0) is 14.7. The number of rotatable bonds is 4. The van der Waals surface area contributed by atoms with Crippen LogP contribution in [0.4, 0.5) is 0 Å². The Morgan fingerprint density at radius 1 is 1.60 bits per heavy atom. The van der Waals surface area contributed by atoms with Gasteiger partial charge in [-0.3, -0.25) is 5.10 Å². The van der Waals surface area contributed by atoms with Crippen LogP contribution in [0.25, 0.3) is 0 Å². The third kappa shape index (κ3) is 2.91. The fourth-order valence-electron chi connectivity index (χ4n) is 1.62. The monoisotopic (exact) mass is 356 g/mol. The maximum atomic E-state index is 9.75. The van der Waals surface area contributed by atoms with Gasteiger partial charge in [0.25, 0.3) is 0 Å². The summed E-state index contributed by atoms with van der Waals surface area (Å²) in [7, 11) is 1.49. The van der Waals surface area contributed by atoms with E-state index in [1.54, 1.807) is 23.0 Å². The van der Waals surface area contributed by atoms with Crippen LogP contribution in [0.3, 0.4) is 0 Å². The van der Waals surface area contributed by atoms with Gasteiger partial charge in [0, 0.05) is 6.42 Å². The Morgan fingerprint density at radius 3 is 3.00 bits per heavy atom. The molecule has 0 aliphatic rings. The van der Waals surface area contributed by atoms with Gasteiger partial charge in [-0.15, -0.1) is 0 Å². The van der Waals surface area contributed by atoms with Gasteiger partial charge >= 0.3 is 0 Å². The summed E-state index contributed by atoms with van der Waals surface area (Å²) in [5, 5.41) is 20.8. The predicted octanol–water partition coefficient (Wildman–Crippen LogP) is 2.86. The molecule has 6 nitrogen and oxygen atoms in total. The fraction of sp³-hybridized carbons (Fsp3) is 0.250. The maximum Gasteiger partial charge on any atom is 0.216 e. The molecule has 0 aliphatic carbocycles. The number of aromatic hydroxyl groups is 1. The number of benzene rings is 1. The lowest BCUT2D eigenvalue weighted by molar-refractivity contribution is 0.372. The van der Waals surface area contributed by atoms with Gasteiger partial charge in [0.2, 0.25) is 4.77 Å². The molecule has 0 fully saturated rings. The molecule has 0 unspecified atom stereocenters. The average molecular weight is 357 g/mol. The van der Waals surface area contributed by atoms with Gasteiger partial charge in [0.15, 0.2) is 17.3 Å². The van der Waals surface area contributed by atoms with Gasteiger partial charge in [-0.2, -0.15) is 14.9 Å². The van der Waals surface area contributed by atoms with Crippen molar-refractivity contribution in [1.82, 2.24) is 14.9 Å². The van der Waals surface area contributed by atoms with E-state index < -0.39 is 0 Å². The third-order valence-electron chi connectivity index (χ3n) is 2.63. The summed E-state index contributed by atoms with van der Waals surface area (Å²) in [6, 6.07) is 3.41. The van der Waals surface area contributed by atoms with E-state index in [0.29, 0.717) is 21.4 Å². The third-order valence-corrected chi connectivity index (χ3v) is 3.50. The molecule has 1 heterocycles. The van der Waals surface area contributed by atoms with Crippen LogP contribution in [0.5, 0.6) is 11.5 Å². The number of hydrogen-bond donors (Lipinski definition) is 2. The highest BCUT2D eigenvalue weighted by molar-refractivity contribution is 9.10. The van der Waals surface area contributed by atoms with Crippen LogP contribution in [0.2, 0.25) is 0 Å². The predicted molar refractivity (Wildman–Crippen MR) is 82.1 cm³/mol. The molecule has 0 atom stereocenters. The number of phenolic OH excluding ortho intramolecular Hbond substituents is 1. The number of halogens is 1. The number of aromatic amines is 1. The lowest BCUT2D eigenvalue weighted by Crippen LogP contribution is -1.97. The van der Waals surface area contributed by atoms with Crippen molar-refractivity contribution in [3.8, 4) is 11.5 Å². The van der Waals surface area contributed by atoms with Crippen molar-refractivity contribution >= 4 is 34.4 Å². The summed E-state index contributed by atoms with van der Waals surface area (Å²) in [6.07, 6.45) is 2.34. The minimum Gasteiger partial charge on any atom is -0.503 e. The Kier molecular flexibility index (Phi) is 4.56. The molecular weight excluding hydrogens is 344 g/mol. The molecule has 1 aromatic carbocycles. The molecule has 0 amide bonds. The zero-order valence-electron chi connectivity index (χ0n) is 10.9. The largest absolute Gasteiger partial charge is 0.503 e. The molecule has 2 aromatic rings. The van der Waals surface area contributed by atoms with Crippen molar-refractivity contribution < 1.29 is 9.84 Å². The van der Waals surface area contributed by atoms with E-state index in [9.17, 15) is 5.11 Å². The molecule has 0 spiro atoms. The molecule has 1 aromatic heterocycles. The van der Waals surface area contributed by atoms with Gasteiger partial charge in [-0.1, -0.05) is 6.92 Å². The highest BCUT2D eigenvalue weighted by Crippen LogP contribution is 2.34. The molecular formula is C12H13BrN4O2S. The van der Waals surface area contributed by atoms with E-state index in [-0.39, 0.29) is 5.75 Å². The first-order valence-electron chi connectivity index (χ1n) is 5.84. The topological polar surface area (TPSA) is 75.4 Å². The van der Waals surface area contributed by atoms with E-state index in [1.807, 2.05) is 6.92 Å². The first-order valence-corrected chi connectivity index (χ1v) is 7.04. The molecule has 0 aliphatic heterocycles. The van der Waals surface area contributed by atoms with E-state index in [1.165, 1.54) is 7.11 Å². The number of methoxy groups -OCH3 is 1. The van der Waals surface area contributed by atoms with E-state index >= 15 is 0 Å². The maximum absolute atomic E-state index is 9.75. The van der Waals surface area contributed by atoms with Crippen LogP contribution in [-0.4, -0.2) is 33.3 Å². The fourth-order valence-corrected chi connectivity index (χ4v) is 2.28. The van der Waals surface area contributed by atoms with Crippen molar-refractivity contribution in [2.24, 2.45) is 5.10 Å². The first-order chi connectivity index (χ1) is 9.56. The Balaban J connectivity index is 2.39. The Morgan fingerprint density at radius 2 is 2.35 bits per heavy atom. The van der Waals surface area contributed by atoms with Crippen LogP contribution in [0.1, 0.15) is 18.3 Å². The number of ether oxygens (including phenoxy) is 1. The number of nitrogens with zero attached hydrogens (tertiary/aromatic N) is 3. The SMILES string of the molecule is CCc1n[nH]c(=S)n1/N=C/c1cc(Br)c(O)c(OC)c1. The number of H-pyrrole nitrogens is 1. The van der Waals surface area contributed by atoms with Gasteiger partial charge in [-0.25, -0.2) is 0 Å². The van der Waals surface area contributed by atoms with Gasteiger partial charge in [-0.05, 0) is 45.8 Å². The van der Waals surface area contributed by atoms with Crippen LogP contribution >= 0.6 is 28.1 Å². The van der Waals surface area contributed by atoms with Gasteiger partial charge < -0.3 is 9.84 Å². The second kappa shape index (κ2) is 6.19. The highest BCUT2D eigenvalue weighted by atomic mass is 79.9. The Labute approximate surface area is 129 Å². The van der Waals surface area contributed by atoms with Crippen molar-refractivity contribution in [1.29, 1.82) is 0 Å². The van der Waals surface area contributed by atoms with Crippen molar-refractivity contribution in [3.63, 3.8) is 0 Å². The molecule has 20 heavy (non-hydrogen) atoms. The molecule has 2 rings (SSSR count). The van der Waals surface area contributed by atoms with Gasteiger partial charge in [0.1, 0.15) is 0 Å². The van der Waals surface area contributed by atoms with Crippen LogP contribution in [-0.2, 0) is 6.42 Å². The normalized spacial score (nSPS) is 11.2. The second-order valence-electron chi connectivity index (χ2n) is 3.91. The number of phenols is 1. The van der Waals surface area contributed by atoms with Crippen molar-refractivity contribution in [2.45, 2.75) is 13.3 Å². The number of aromatic nitrogens is 3. The Hall–Kier alpha value is -1.67. The van der Waals surface area contributed by atoms with Crippen molar-refractivity contribution in [2.75, 3.05) is 7.11 Å². The lowest BCUT2D eigenvalue weighted by atomic mass is 10.2. The second-order valence-corrected chi connectivity index (χ2v) is 5.15. The molecule has 8 heteroatoms. The zero-order valence-corrected chi connectivity index (χ0v) is 13.3. The molecule has 0 bridgehead atoms. The quantitative estimate of drug-likeness (QED) is 0.652. The van der Waals surface area contributed by atoms with Crippen LogP contribution < -0.4 is 4.74 Å². The average Bonchev–Trinajstić information content (AvgIpc) is 2.80. The smallest absolute Gasteiger partial charge is 0.216 e. The molecule has 106 valence electrons. The van der Waals surface area contributed by atoms with Gasteiger partial charge in [0.05, 0.1) is 17.8 Å². The van der Waals surface area contributed by atoms with Crippen molar-refractivity contribution in [3.05, 3.63) is 32.8 Å². The van der Waals surface area contributed by atoms with E-state index in [4.69, 9.17) is 17.0 Å². The van der Waals surface area contributed by atoms with Crippen LogP contribution in [0.15, 0.2) is 21.7 Å². The molecule has 0 saturated carbocycles. The summed E-state index contributed by atoms with van der Waals surface area (Å²) in [5.41, 5.74) is 0.761. The summed E-state index contributed by atoms with van der Waals surface area (Å²) >= 11 is 8.37. The minimum absolute atomic E-state index is 0.0545. The summed E-state index contributed by atoms with van der Waals surface area (Å²) in [6.45, 7) is 1.97. The van der Waals surface area contributed by atoms with E-state index in [0.717, 1.165) is 11.4 Å². The number of aryl methyl sites for hydroxylation is 1. The number of hydrogen-bond acceptors (Lipinski definition) is 5. The van der Waals surface area contributed by atoms with Crippen LogP contribution in [0, 0.1) is 4.77 Å². The summed E-state index contributed by atoms with van der Waals surface area (Å²) < 4.78 is 7.61. The standard InChI is InChI=1S/C12H13BrN4O2S/c1-3-10-15-16-12(20)17(10)14-6-7-4-8(13)11(18)9(5-7)19-2/h4-6,18H,3H2,1-2H3,(H,16,20)/b14-6+. The first kappa shape index (κ1) is 14.7. The Bertz CT molecular complexity index is 708. The summed E-state index contributed by atoms with van der Waals surface area (Å²) in [4.78, 5) is 0. The molecule has 0 saturated heterocycles.